The Labute approximate surface area is 163 Å². The number of nitrogens with zero attached hydrogens (tertiary/aromatic N) is 2. The Morgan fingerprint density at radius 3 is 2.38 bits per heavy atom. The molecule has 1 saturated heterocycles. The molecule has 4 nitrogen and oxygen atoms in total. The summed E-state index contributed by atoms with van der Waals surface area (Å²) in [6.45, 7) is 3.12. The van der Waals surface area contributed by atoms with Gasteiger partial charge in [-0.2, -0.15) is 26.3 Å². The molecule has 160 valence electrons. The van der Waals surface area contributed by atoms with Crippen molar-refractivity contribution in [3.05, 3.63) is 41.1 Å². The lowest BCUT2D eigenvalue weighted by atomic mass is 9.99. The highest BCUT2D eigenvalue weighted by molar-refractivity contribution is 5.86. The van der Waals surface area contributed by atoms with Crippen molar-refractivity contribution in [1.82, 2.24) is 15.2 Å². The Hall–Kier alpha value is -1.91. The van der Waals surface area contributed by atoms with Crippen molar-refractivity contribution >= 4 is 10.9 Å². The lowest BCUT2D eigenvalue weighted by molar-refractivity contribution is -0.142. The number of benzene rings is 1. The molecule has 1 aliphatic heterocycles. The summed E-state index contributed by atoms with van der Waals surface area (Å²) in [6, 6.07) is 3.63. The Kier molecular flexibility index (Phi) is 6.35. The molecule has 0 spiro atoms. The third-order valence-electron chi connectivity index (χ3n) is 4.97. The van der Waals surface area contributed by atoms with Crippen LogP contribution in [0.4, 0.5) is 26.3 Å². The van der Waals surface area contributed by atoms with Gasteiger partial charge in [0.1, 0.15) is 5.69 Å². The fraction of sp³-hybridized carbons (Fsp3) is 0.526. The minimum atomic E-state index is -4.94. The van der Waals surface area contributed by atoms with Crippen LogP contribution in [-0.4, -0.2) is 47.7 Å². The molecule has 1 unspecified atom stereocenters. The van der Waals surface area contributed by atoms with E-state index in [0.29, 0.717) is 18.7 Å². The second kappa shape index (κ2) is 8.45. The number of aliphatic hydroxyl groups excluding tert-OH is 1. The molecule has 0 radical (unpaired) electrons. The number of halogens is 6. The van der Waals surface area contributed by atoms with Crippen LogP contribution in [-0.2, 0) is 12.4 Å². The van der Waals surface area contributed by atoms with Gasteiger partial charge in [0.2, 0.25) is 0 Å². The topological polar surface area (TPSA) is 48.4 Å². The zero-order valence-corrected chi connectivity index (χ0v) is 15.4. The van der Waals surface area contributed by atoms with Gasteiger partial charge in [0, 0.05) is 25.0 Å². The van der Waals surface area contributed by atoms with E-state index in [4.69, 9.17) is 0 Å². The van der Waals surface area contributed by atoms with E-state index in [1.807, 2.05) is 0 Å². The maximum atomic E-state index is 13.3. The van der Waals surface area contributed by atoms with Crippen molar-refractivity contribution in [3.8, 4) is 0 Å². The van der Waals surface area contributed by atoms with Gasteiger partial charge in [-0.25, -0.2) is 4.98 Å². The molecule has 1 atom stereocenters. The molecule has 10 heteroatoms. The zero-order chi connectivity index (χ0) is 21.2. The van der Waals surface area contributed by atoms with Gasteiger partial charge in [-0.3, -0.25) is 0 Å². The number of aromatic nitrogens is 1. The number of likely N-dealkylation sites (tertiary alicyclic amines) is 1. The summed E-state index contributed by atoms with van der Waals surface area (Å²) in [5.74, 6) is 0. The minimum absolute atomic E-state index is 0.0828. The number of pyridine rings is 1. The summed E-state index contributed by atoms with van der Waals surface area (Å²) in [7, 11) is 0. The highest BCUT2D eigenvalue weighted by Gasteiger charge is 2.37. The maximum Gasteiger partial charge on any atom is 0.433 e. The van der Waals surface area contributed by atoms with Crippen LogP contribution >= 0.6 is 0 Å². The van der Waals surface area contributed by atoms with Crippen molar-refractivity contribution < 1.29 is 31.4 Å². The average Bonchev–Trinajstić information content (AvgIpc) is 3.15. The van der Waals surface area contributed by atoms with Crippen molar-refractivity contribution in [3.63, 3.8) is 0 Å². The van der Waals surface area contributed by atoms with E-state index in [2.05, 4.69) is 15.2 Å². The molecule has 1 aliphatic rings. The number of para-hydroxylation sites is 1. The van der Waals surface area contributed by atoms with Crippen LogP contribution in [0.1, 0.15) is 35.8 Å². The van der Waals surface area contributed by atoms with Crippen molar-refractivity contribution in [2.75, 3.05) is 32.7 Å². The largest absolute Gasteiger partial charge is 0.433 e. The molecule has 1 fully saturated rings. The van der Waals surface area contributed by atoms with E-state index in [-0.39, 0.29) is 17.5 Å². The van der Waals surface area contributed by atoms with Crippen molar-refractivity contribution in [2.45, 2.75) is 31.3 Å². The predicted molar refractivity (Wildman–Crippen MR) is 95.3 cm³/mol. The fourth-order valence-corrected chi connectivity index (χ4v) is 3.52. The summed E-state index contributed by atoms with van der Waals surface area (Å²) in [5, 5.41) is 13.3. The Morgan fingerprint density at radius 2 is 1.76 bits per heavy atom. The summed E-state index contributed by atoms with van der Waals surface area (Å²) in [4.78, 5) is 5.44. The number of fused-ring (bicyclic) bond motifs is 1. The van der Waals surface area contributed by atoms with Crippen LogP contribution in [0.2, 0.25) is 0 Å². The fourth-order valence-electron chi connectivity index (χ4n) is 3.52. The lowest BCUT2D eigenvalue weighted by Gasteiger charge is -2.20. The summed E-state index contributed by atoms with van der Waals surface area (Å²) < 4.78 is 79.5. The van der Waals surface area contributed by atoms with Crippen molar-refractivity contribution in [1.29, 1.82) is 0 Å². The molecule has 2 heterocycles. The minimum Gasteiger partial charge on any atom is -0.387 e. The molecular formula is C19H21F6N3O. The first-order valence-corrected chi connectivity index (χ1v) is 9.26. The molecule has 0 aliphatic carbocycles. The van der Waals surface area contributed by atoms with E-state index in [0.717, 1.165) is 38.5 Å². The molecule has 0 bridgehead atoms. The first kappa shape index (κ1) is 21.8. The van der Waals surface area contributed by atoms with Gasteiger partial charge >= 0.3 is 12.4 Å². The second-order valence-electron chi connectivity index (χ2n) is 7.06. The number of hydrogen-bond acceptors (Lipinski definition) is 4. The van der Waals surface area contributed by atoms with Gasteiger partial charge in [0.25, 0.3) is 0 Å². The van der Waals surface area contributed by atoms with Crippen LogP contribution in [0.5, 0.6) is 0 Å². The van der Waals surface area contributed by atoms with E-state index in [1.54, 1.807) is 0 Å². The van der Waals surface area contributed by atoms with E-state index in [1.165, 1.54) is 6.07 Å². The maximum absolute atomic E-state index is 13.3. The van der Waals surface area contributed by atoms with Gasteiger partial charge in [-0.1, -0.05) is 12.1 Å². The van der Waals surface area contributed by atoms with Gasteiger partial charge in [-0.15, -0.1) is 0 Å². The molecule has 1 aromatic heterocycles. The highest BCUT2D eigenvalue weighted by Crippen LogP contribution is 2.38. The zero-order valence-electron chi connectivity index (χ0n) is 15.4. The van der Waals surface area contributed by atoms with Crippen molar-refractivity contribution in [2.24, 2.45) is 0 Å². The first-order valence-electron chi connectivity index (χ1n) is 9.26. The van der Waals surface area contributed by atoms with Crippen LogP contribution in [0, 0.1) is 0 Å². The summed E-state index contributed by atoms with van der Waals surface area (Å²) >= 11 is 0. The Morgan fingerprint density at radius 1 is 1.07 bits per heavy atom. The smallest absolute Gasteiger partial charge is 0.387 e. The third kappa shape index (κ3) is 5.18. The standard InChI is InChI=1S/C19H21F6N3O/c20-18(21,22)14-5-3-4-12-13(10-16(19(23,24)25)27-17(12)14)15(29)11-26-6-9-28-7-1-2-8-28/h3-5,10,15,26,29H,1-2,6-9,11H2. The molecule has 29 heavy (non-hydrogen) atoms. The number of nitrogens with one attached hydrogen (secondary N) is 1. The van der Waals surface area contributed by atoms with Gasteiger partial charge in [-0.05, 0) is 43.6 Å². The van der Waals surface area contributed by atoms with E-state index >= 15 is 0 Å². The van der Waals surface area contributed by atoms with E-state index < -0.39 is 35.2 Å². The normalized spacial score (nSPS) is 17.2. The van der Waals surface area contributed by atoms with Crippen LogP contribution in [0.3, 0.4) is 0 Å². The average molecular weight is 421 g/mol. The molecule has 2 aromatic rings. The van der Waals surface area contributed by atoms with Crippen LogP contribution in [0.25, 0.3) is 10.9 Å². The Bertz CT molecular complexity index is 846. The SMILES string of the molecule is OC(CNCCN1CCCC1)c1cc(C(F)(F)F)nc2c(C(F)(F)F)cccc12. The quantitative estimate of drug-likeness (QED) is 0.547. The van der Waals surface area contributed by atoms with Crippen LogP contribution < -0.4 is 5.32 Å². The first-order chi connectivity index (χ1) is 13.6. The predicted octanol–water partition coefficient (Wildman–Crippen LogP) is 3.99. The molecule has 0 saturated carbocycles. The number of aliphatic hydroxyl groups is 1. The third-order valence-corrected chi connectivity index (χ3v) is 4.97. The van der Waals surface area contributed by atoms with Gasteiger partial charge in [0.05, 0.1) is 17.2 Å². The molecule has 0 amide bonds. The van der Waals surface area contributed by atoms with Gasteiger partial charge in [0.15, 0.2) is 0 Å². The number of alkyl halides is 6. The molecular weight excluding hydrogens is 400 g/mol. The van der Waals surface area contributed by atoms with Crippen LogP contribution in [0.15, 0.2) is 24.3 Å². The number of hydrogen-bond donors (Lipinski definition) is 2. The molecule has 1 aromatic carbocycles. The second-order valence-corrected chi connectivity index (χ2v) is 7.06. The molecule has 2 N–H and O–H groups in total. The lowest BCUT2D eigenvalue weighted by Crippen LogP contribution is -2.32. The monoisotopic (exact) mass is 421 g/mol. The van der Waals surface area contributed by atoms with Gasteiger partial charge < -0.3 is 15.3 Å². The number of rotatable bonds is 6. The molecule has 3 rings (SSSR count). The van der Waals surface area contributed by atoms with E-state index in [9.17, 15) is 31.4 Å². The highest BCUT2D eigenvalue weighted by atomic mass is 19.4. The summed E-state index contributed by atoms with van der Waals surface area (Å²) in [6.07, 6.45) is -8.98. The Balaban J connectivity index is 1.88. The summed E-state index contributed by atoms with van der Waals surface area (Å²) in [5.41, 5.74) is -3.78.